The van der Waals surface area contributed by atoms with Crippen LogP contribution in [0.2, 0.25) is 0 Å². The minimum Gasteiger partial charge on any atom is -0.481 e. The molecule has 0 aliphatic carbocycles. The van der Waals surface area contributed by atoms with Gasteiger partial charge in [-0.05, 0) is 32.6 Å². The summed E-state index contributed by atoms with van der Waals surface area (Å²) in [6.45, 7) is 3.40. The first-order valence-corrected chi connectivity index (χ1v) is 11.5. The minimum atomic E-state index is -0.193. The van der Waals surface area contributed by atoms with Crippen molar-refractivity contribution in [3.8, 4) is 17.0 Å². The van der Waals surface area contributed by atoms with Gasteiger partial charge in [0.05, 0.1) is 24.1 Å². The smallest absolute Gasteiger partial charge is 0.260 e. The molecule has 10 heteroatoms. The maximum atomic E-state index is 12.6. The molecule has 0 amide bonds. The predicted octanol–water partition coefficient (Wildman–Crippen LogP) is 3.01. The molecule has 30 heavy (non-hydrogen) atoms. The lowest BCUT2D eigenvalue weighted by molar-refractivity contribution is 0.398. The number of anilines is 1. The van der Waals surface area contributed by atoms with Crippen molar-refractivity contribution in [2.75, 3.05) is 38.8 Å². The lowest BCUT2D eigenvalue weighted by Crippen LogP contribution is -2.18. The van der Waals surface area contributed by atoms with E-state index in [0.29, 0.717) is 29.6 Å². The van der Waals surface area contributed by atoms with Crippen molar-refractivity contribution in [1.29, 1.82) is 0 Å². The Hall–Kier alpha value is -2.43. The number of aryl methyl sites for hydroxylation is 1. The summed E-state index contributed by atoms with van der Waals surface area (Å²) in [6.07, 6.45) is 1.61. The Morgan fingerprint density at radius 3 is 2.90 bits per heavy atom. The molecular formula is C20H26N6O2S2. The standard InChI is InChI=1S/C20H26N6O2S2/c1-13-18(14-5-6-21-16(9-14)28-4)19(27)25-20(23-13)22-7-8-29-11-15-12-30-17(24-15)10-26(2)3/h5-6,9,12H,7-8,10-11H2,1-4H3,(H2,22,23,25,27). The largest absolute Gasteiger partial charge is 0.481 e. The summed E-state index contributed by atoms with van der Waals surface area (Å²) in [4.78, 5) is 30.8. The van der Waals surface area contributed by atoms with Crippen molar-refractivity contribution in [1.82, 2.24) is 24.8 Å². The van der Waals surface area contributed by atoms with E-state index in [1.807, 2.05) is 21.0 Å². The zero-order chi connectivity index (χ0) is 21.5. The highest BCUT2D eigenvalue weighted by molar-refractivity contribution is 7.98. The average Bonchev–Trinajstić information content (AvgIpc) is 3.14. The van der Waals surface area contributed by atoms with Gasteiger partial charge in [-0.1, -0.05) is 0 Å². The van der Waals surface area contributed by atoms with Crippen LogP contribution in [0.1, 0.15) is 16.4 Å². The first-order chi connectivity index (χ1) is 14.5. The number of hydrogen-bond donors (Lipinski definition) is 2. The van der Waals surface area contributed by atoms with Crippen LogP contribution in [0.15, 0.2) is 28.5 Å². The minimum absolute atomic E-state index is 0.193. The molecule has 160 valence electrons. The highest BCUT2D eigenvalue weighted by atomic mass is 32.2. The normalized spacial score (nSPS) is 11.1. The zero-order valence-electron chi connectivity index (χ0n) is 17.6. The molecule has 3 heterocycles. The Bertz CT molecular complexity index is 1030. The lowest BCUT2D eigenvalue weighted by atomic mass is 10.1. The van der Waals surface area contributed by atoms with Crippen LogP contribution in [0.25, 0.3) is 11.1 Å². The average molecular weight is 447 g/mol. The number of nitrogens with zero attached hydrogens (tertiary/aromatic N) is 4. The molecule has 0 spiro atoms. The fourth-order valence-corrected chi connectivity index (χ4v) is 4.63. The van der Waals surface area contributed by atoms with Gasteiger partial charge in [-0.2, -0.15) is 11.8 Å². The van der Waals surface area contributed by atoms with E-state index < -0.39 is 0 Å². The Labute approximate surface area is 184 Å². The van der Waals surface area contributed by atoms with E-state index in [1.54, 1.807) is 48.5 Å². The van der Waals surface area contributed by atoms with Gasteiger partial charge in [0.15, 0.2) is 0 Å². The lowest BCUT2D eigenvalue weighted by Gasteiger charge is -2.09. The van der Waals surface area contributed by atoms with Crippen LogP contribution >= 0.6 is 23.1 Å². The number of aromatic nitrogens is 4. The molecule has 2 N–H and O–H groups in total. The maximum Gasteiger partial charge on any atom is 0.260 e. The molecule has 0 aliphatic rings. The third-order valence-electron chi connectivity index (χ3n) is 4.17. The van der Waals surface area contributed by atoms with Crippen LogP contribution < -0.4 is 15.6 Å². The van der Waals surface area contributed by atoms with E-state index >= 15 is 0 Å². The van der Waals surface area contributed by atoms with E-state index in [-0.39, 0.29) is 5.56 Å². The van der Waals surface area contributed by atoms with Gasteiger partial charge in [0.25, 0.3) is 5.56 Å². The summed E-state index contributed by atoms with van der Waals surface area (Å²) in [7, 11) is 5.63. The van der Waals surface area contributed by atoms with Gasteiger partial charge in [-0.15, -0.1) is 11.3 Å². The summed E-state index contributed by atoms with van der Waals surface area (Å²) in [6, 6.07) is 3.50. The molecular weight excluding hydrogens is 420 g/mol. The summed E-state index contributed by atoms with van der Waals surface area (Å²) in [5, 5.41) is 6.45. The number of rotatable bonds is 10. The van der Waals surface area contributed by atoms with Crippen molar-refractivity contribution < 1.29 is 4.74 Å². The molecule has 0 atom stereocenters. The van der Waals surface area contributed by atoms with Crippen LogP contribution in [-0.2, 0) is 12.3 Å². The monoisotopic (exact) mass is 446 g/mol. The predicted molar refractivity (Wildman–Crippen MR) is 124 cm³/mol. The van der Waals surface area contributed by atoms with Crippen molar-refractivity contribution >= 4 is 29.0 Å². The third kappa shape index (κ3) is 6.04. The number of nitrogens with one attached hydrogen (secondary N) is 2. The fourth-order valence-electron chi connectivity index (χ4n) is 2.86. The molecule has 0 unspecified atom stereocenters. The summed E-state index contributed by atoms with van der Waals surface area (Å²) < 4.78 is 5.14. The van der Waals surface area contributed by atoms with E-state index in [1.165, 1.54) is 0 Å². The Morgan fingerprint density at radius 1 is 1.33 bits per heavy atom. The summed E-state index contributed by atoms with van der Waals surface area (Å²) in [5.74, 6) is 2.69. The molecule has 0 bridgehead atoms. The molecule has 3 aromatic heterocycles. The zero-order valence-corrected chi connectivity index (χ0v) is 19.2. The summed E-state index contributed by atoms with van der Waals surface area (Å²) >= 11 is 3.50. The number of thioether (sulfide) groups is 1. The summed E-state index contributed by atoms with van der Waals surface area (Å²) in [5.41, 5.74) is 2.82. The Balaban J connectivity index is 1.52. The van der Waals surface area contributed by atoms with Crippen LogP contribution in [-0.4, -0.2) is 58.3 Å². The molecule has 0 fully saturated rings. The number of pyridine rings is 1. The first-order valence-electron chi connectivity index (χ1n) is 9.47. The second-order valence-electron chi connectivity index (χ2n) is 6.91. The molecule has 0 aromatic carbocycles. The number of hydrogen-bond acceptors (Lipinski definition) is 9. The van der Waals surface area contributed by atoms with Crippen LogP contribution in [0.3, 0.4) is 0 Å². The van der Waals surface area contributed by atoms with E-state index in [0.717, 1.165) is 34.3 Å². The molecule has 3 aromatic rings. The quantitative estimate of drug-likeness (QED) is 0.459. The van der Waals surface area contributed by atoms with Crippen LogP contribution in [0, 0.1) is 6.92 Å². The SMILES string of the molecule is COc1cc(-c2c(C)nc(NCCSCc3csc(CN(C)C)n3)[nH]c2=O)ccn1. The van der Waals surface area contributed by atoms with Gasteiger partial charge in [0.1, 0.15) is 5.01 Å². The van der Waals surface area contributed by atoms with Crippen molar-refractivity contribution in [2.24, 2.45) is 0 Å². The van der Waals surface area contributed by atoms with Crippen molar-refractivity contribution in [2.45, 2.75) is 19.2 Å². The van der Waals surface area contributed by atoms with Gasteiger partial charge in [-0.25, -0.2) is 15.0 Å². The first kappa shape index (κ1) is 22.3. The van der Waals surface area contributed by atoms with Gasteiger partial charge in [-0.3, -0.25) is 9.78 Å². The second kappa shape index (κ2) is 10.6. The number of thiazole rings is 1. The number of methoxy groups -OCH3 is 1. The Kier molecular flexibility index (Phi) is 7.83. The van der Waals surface area contributed by atoms with Gasteiger partial charge < -0.3 is 15.0 Å². The maximum absolute atomic E-state index is 12.6. The highest BCUT2D eigenvalue weighted by Gasteiger charge is 2.12. The van der Waals surface area contributed by atoms with E-state index in [9.17, 15) is 4.79 Å². The van der Waals surface area contributed by atoms with E-state index in [2.05, 4.69) is 35.5 Å². The molecule has 0 saturated carbocycles. The van der Waals surface area contributed by atoms with Gasteiger partial charge in [0, 0.05) is 42.2 Å². The third-order valence-corrected chi connectivity index (χ3v) is 6.05. The fraction of sp³-hybridized carbons (Fsp3) is 0.400. The molecule has 0 saturated heterocycles. The Morgan fingerprint density at radius 2 is 2.17 bits per heavy atom. The van der Waals surface area contributed by atoms with Crippen LogP contribution in [0.4, 0.5) is 5.95 Å². The molecule has 3 rings (SSSR count). The number of H-pyrrole nitrogens is 1. The van der Waals surface area contributed by atoms with Gasteiger partial charge >= 0.3 is 0 Å². The number of ether oxygens (including phenoxy) is 1. The highest BCUT2D eigenvalue weighted by Crippen LogP contribution is 2.21. The molecule has 0 radical (unpaired) electrons. The second-order valence-corrected chi connectivity index (χ2v) is 8.96. The van der Waals surface area contributed by atoms with Crippen LogP contribution in [0.5, 0.6) is 5.88 Å². The molecule has 8 nitrogen and oxygen atoms in total. The van der Waals surface area contributed by atoms with Crippen molar-refractivity contribution in [3.63, 3.8) is 0 Å². The van der Waals surface area contributed by atoms with Gasteiger partial charge in [0.2, 0.25) is 11.8 Å². The molecule has 0 aliphatic heterocycles. The van der Waals surface area contributed by atoms with E-state index in [4.69, 9.17) is 4.74 Å². The topological polar surface area (TPSA) is 96.0 Å². The number of aromatic amines is 1. The van der Waals surface area contributed by atoms with Crippen molar-refractivity contribution in [3.05, 3.63) is 50.5 Å².